The third-order valence-corrected chi connectivity index (χ3v) is 1.78. The molecule has 16 heavy (non-hydrogen) atoms. The monoisotopic (exact) mass is 217 g/mol. The van der Waals surface area contributed by atoms with E-state index in [-0.39, 0.29) is 6.61 Å². The molecule has 1 aromatic carbocycles. The molecule has 3 nitrogen and oxygen atoms in total. The van der Waals surface area contributed by atoms with E-state index in [1.807, 2.05) is 36.4 Å². The van der Waals surface area contributed by atoms with Gasteiger partial charge in [0.2, 0.25) is 0 Å². The number of rotatable bonds is 4. The van der Waals surface area contributed by atoms with Gasteiger partial charge >= 0.3 is 5.97 Å². The van der Waals surface area contributed by atoms with Crippen molar-refractivity contribution in [3.05, 3.63) is 53.7 Å². The number of ether oxygens (including phenoxy) is 1. The Balaban J connectivity index is 2.34. The molecule has 0 atom stereocenters. The summed E-state index contributed by atoms with van der Waals surface area (Å²) >= 11 is 0. The second-order valence-electron chi connectivity index (χ2n) is 3.33. The molecule has 0 saturated heterocycles. The van der Waals surface area contributed by atoms with Gasteiger partial charge in [-0.15, -0.1) is 0 Å². The predicted molar refractivity (Wildman–Crippen MR) is 64.4 cm³/mol. The highest BCUT2D eigenvalue weighted by Gasteiger charge is 1.94. The Kier molecular flexibility index (Phi) is 4.86. The van der Waals surface area contributed by atoms with Gasteiger partial charge in [0.05, 0.1) is 0 Å². The normalized spacial score (nSPS) is 11.7. The number of carbonyl (C=O) groups excluding carboxylic acids is 1. The summed E-state index contributed by atoms with van der Waals surface area (Å²) in [6, 6.07) is 9.80. The molecule has 0 fully saturated rings. The van der Waals surface area contributed by atoms with Crippen molar-refractivity contribution in [2.45, 2.75) is 6.92 Å². The Morgan fingerprint density at radius 2 is 2.06 bits per heavy atom. The number of allylic oxidation sites excluding steroid dienone is 1. The summed E-state index contributed by atoms with van der Waals surface area (Å²) < 4.78 is 4.89. The fraction of sp³-hybridized carbons (Fsp3) is 0.154. The highest BCUT2D eigenvalue weighted by molar-refractivity contribution is 5.82. The molecular weight excluding hydrogens is 202 g/mol. The lowest BCUT2D eigenvalue weighted by molar-refractivity contribution is -0.136. The van der Waals surface area contributed by atoms with Crippen LogP contribution in [0.15, 0.2) is 48.2 Å². The van der Waals surface area contributed by atoms with Gasteiger partial charge in [0.25, 0.3) is 0 Å². The molecule has 0 aliphatic carbocycles. The standard InChI is InChI=1S/C13H15NO2/c1-11(14)10-13(15)16-9-5-8-12-6-3-2-4-7-12/h2-8,10H,9,14H2,1H3/b8-5-,11-10-. The predicted octanol–water partition coefficient (Wildman–Crippen LogP) is 2.11. The largest absolute Gasteiger partial charge is 0.458 e. The first-order valence-corrected chi connectivity index (χ1v) is 5.00. The van der Waals surface area contributed by atoms with Crippen LogP contribution in [0, 0.1) is 0 Å². The molecule has 1 rings (SSSR count). The minimum atomic E-state index is -0.419. The molecule has 0 amide bonds. The van der Waals surface area contributed by atoms with Crippen molar-refractivity contribution in [2.75, 3.05) is 6.61 Å². The first-order chi connectivity index (χ1) is 7.68. The fourth-order valence-electron chi connectivity index (χ4n) is 1.11. The molecular formula is C13H15NO2. The second kappa shape index (κ2) is 6.45. The van der Waals surface area contributed by atoms with E-state index in [0.29, 0.717) is 5.70 Å². The number of hydrogen-bond acceptors (Lipinski definition) is 3. The smallest absolute Gasteiger partial charge is 0.332 e. The Labute approximate surface area is 95.2 Å². The maximum absolute atomic E-state index is 11.1. The van der Waals surface area contributed by atoms with E-state index in [9.17, 15) is 4.79 Å². The Hall–Kier alpha value is -2.03. The van der Waals surface area contributed by atoms with E-state index in [1.165, 1.54) is 6.08 Å². The average Bonchev–Trinajstić information content (AvgIpc) is 2.25. The van der Waals surface area contributed by atoms with Crippen LogP contribution in [0.5, 0.6) is 0 Å². The van der Waals surface area contributed by atoms with Gasteiger partial charge in [0.1, 0.15) is 6.61 Å². The minimum Gasteiger partial charge on any atom is -0.458 e. The van der Waals surface area contributed by atoms with E-state index in [0.717, 1.165) is 5.56 Å². The molecule has 0 aromatic heterocycles. The summed E-state index contributed by atoms with van der Waals surface area (Å²) in [7, 11) is 0. The molecule has 1 aromatic rings. The molecule has 0 aliphatic rings. The van der Waals surface area contributed by atoms with Gasteiger partial charge in [-0.3, -0.25) is 0 Å². The highest BCUT2D eigenvalue weighted by Crippen LogP contribution is 2.00. The maximum atomic E-state index is 11.1. The number of esters is 1. The van der Waals surface area contributed by atoms with Crippen LogP contribution in [0.1, 0.15) is 12.5 Å². The van der Waals surface area contributed by atoms with E-state index >= 15 is 0 Å². The first-order valence-electron chi connectivity index (χ1n) is 5.00. The lowest BCUT2D eigenvalue weighted by Gasteiger charge is -1.97. The maximum Gasteiger partial charge on any atom is 0.332 e. The SMILES string of the molecule is C/C(N)=C/C(=O)OC/C=C\c1ccccc1. The molecule has 0 bridgehead atoms. The quantitative estimate of drug-likeness (QED) is 0.620. The van der Waals surface area contributed by atoms with Crippen molar-refractivity contribution < 1.29 is 9.53 Å². The molecule has 0 spiro atoms. The van der Waals surface area contributed by atoms with Crippen LogP contribution < -0.4 is 5.73 Å². The molecule has 0 heterocycles. The molecule has 0 aliphatic heterocycles. The van der Waals surface area contributed by atoms with Crippen LogP contribution in [0.4, 0.5) is 0 Å². The van der Waals surface area contributed by atoms with Crippen LogP contribution in [0.2, 0.25) is 0 Å². The summed E-state index contributed by atoms with van der Waals surface area (Å²) in [6.45, 7) is 1.89. The van der Waals surface area contributed by atoms with Crippen LogP contribution in [-0.2, 0) is 9.53 Å². The van der Waals surface area contributed by atoms with E-state index in [4.69, 9.17) is 10.5 Å². The molecule has 0 radical (unpaired) electrons. The topological polar surface area (TPSA) is 52.3 Å². The molecule has 3 heteroatoms. The fourth-order valence-corrected chi connectivity index (χ4v) is 1.11. The van der Waals surface area contributed by atoms with Crippen molar-refractivity contribution in [3.63, 3.8) is 0 Å². The third-order valence-electron chi connectivity index (χ3n) is 1.78. The van der Waals surface area contributed by atoms with Crippen LogP contribution in [0.25, 0.3) is 6.08 Å². The third kappa shape index (κ3) is 5.00. The van der Waals surface area contributed by atoms with Crippen molar-refractivity contribution in [3.8, 4) is 0 Å². The van der Waals surface area contributed by atoms with Gasteiger partial charge in [0.15, 0.2) is 0 Å². The van der Waals surface area contributed by atoms with Gasteiger partial charge in [-0.1, -0.05) is 36.4 Å². The van der Waals surface area contributed by atoms with Gasteiger partial charge in [-0.2, -0.15) is 0 Å². The van der Waals surface area contributed by atoms with Crippen LogP contribution >= 0.6 is 0 Å². The lowest BCUT2D eigenvalue weighted by atomic mass is 10.2. The van der Waals surface area contributed by atoms with E-state index in [1.54, 1.807) is 13.0 Å². The Morgan fingerprint density at radius 3 is 2.69 bits per heavy atom. The number of hydrogen-bond donors (Lipinski definition) is 1. The van der Waals surface area contributed by atoms with Gasteiger partial charge in [0, 0.05) is 11.8 Å². The van der Waals surface area contributed by atoms with Crippen molar-refractivity contribution in [1.29, 1.82) is 0 Å². The summed E-state index contributed by atoms with van der Waals surface area (Å²) in [6.07, 6.45) is 4.94. The zero-order valence-electron chi connectivity index (χ0n) is 9.22. The van der Waals surface area contributed by atoms with Crippen molar-refractivity contribution in [2.24, 2.45) is 5.73 Å². The summed E-state index contributed by atoms with van der Waals surface area (Å²) in [5.41, 5.74) is 6.85. The summed E-state index contributed by atoms with van der Waals surface area (Å²) in [5.74, 6) is -0.419. The first kappa shape index (κ1) is 12.0. The van der Waals surface area contributed by atoms with Gasteiger partial charge < -0.3 is 10.5 Å². The Bertz CT molecular complexity index is 390. The van der Waals surface area contributed by atoms with E-state index < -0.39 is 5.97 Å². The van der Waals surface area contributed by atoms with Gasteiger partial charge in [-0.05, 0) is 18.6 Å². The molecule has 2 N–H and O–H groups in total. The zero-order chi connectivity index (χ0) is 11.8. The lowest BCUT2D eigenvalue weighted by Crippen LogP contribution is -2.03. The van der Waals surface area contributed by atoms with Crippen LogP contribution in [-0.4, -0.2) is 12.6 Å². The highest BCUT2D eigenvalue weighted by atomic mass is 16.5. The van der Waals surface area contributed by atoms with Crippen molar-refractivity contribution in [1.82, 2.24) is 0 Å². The molecule has 0 unspecified atom stereocenters. The van der Waals surface area contributed by atoms with E-state index in [2.05, 4.69) is 0 Å². The molecule has 84 valence electrons. The Morgan fingerprint density at radius 1 is 1.38 bits per heavy atom. The van der Waals surface area contributed by atoms with Crippen LogP contribution in [0.3, 0.4) is 0 Å². The number of nitrogens with two attached hydrogens (primary N) is 1. The number of benzene rings is 1. The average molecular weight is 217 g/mol. The number of carbonyl (C=O) groups is 1. The molecule has 0 saturated carbocycles. The van der Waals surface area contributed by atoms with Gasteiger partial charge in [-0.25, -0.2) is 4.79 Å². The second-order valence-corrected chi connectivity index (χ2v) is 3.33. The minimum absolute atomic E-state index is 0.248. The van der Waals surface area contributed by atoms with Crippen molar-refractivity contribution >= 4 is 12.0 Å². The summed E-state index contributed by atoms with van der Waals surface area (Å²) in [5, 5.41) is 0. The zero-order valence-corrected chi connectivity index (χ0v) is 9.22. The summed E-state index contributed by atoms with van der Waals surface area (Å²) in [4.78, 5) is 11.1.